The summed E-state index contributed by atoms with van der Waals surface area (Å²) < 4.78 is 0. The molecule has 4 nitrogen and oxygen atoms in total. The van der Waals surface area contributed by atoms with Crippen LogP contribution in [0.4, 0.5) is 5.82 Å². The van der Waals surface area contributed by atoms with Gasteiger partial charge in [-0.3, -0.25) is 4.98 Å². The zero-order chi connectivity index (χ0) is 10.5. The summed E-state index contributed by atoms with van der Waals surface area (Å²) in [6.45, 7) is 3.45. The summed E-state index contributed by atoms with van der Waals surface area (Å²) >= 11 is 0. The molecule has 0 bridgehead atoms. The first-order valence-corrected chi connectivity index (χ1v) is 5.53. The zero-order valence-corrected chi connectivity index (χ0v) is 9.19. The molecule has 1 fully saturated rings. The second-order valence-electron chi connectivity index (χ2n) is 4.22. The highest BCUT2D eigenvalue weighted by Gasteiger charge is 2.16. The van der Waals surface area contributed by atoms with Crippen molar-refractivity contribution < 1.29 is 0 Å². The third-order valence-corrected chi connectivity index (χ3v) is 2.97. The Morgan fingerprint density at radius 3 is 2.87 bits per heavy atom. The van der Waals surface area contributed by atoms with Crippen molar-refractivity contribution in [2.24, 2.45) is 5.92 Å². The Morgan fingerprint density at radius 2 is 2.20 bits per heavy atom. The molecule has 0 unspecified atom stereocenters. The number of rotatable bonds is 3. The Kier molecular flexibility index (Phi) is 3.50. The van der Waals surface area contributed by atoms with E-state index in [0.717, 1.165) is 18.3 Å². The average Bonchev–Trinajstić information content (AvgIpc) is 2.30. The van der Waals surface area contributed by atoms with Crippen LogP contribution in [0.25, 0.3) is 0 Å². The van der Waals surface area contributed by atoms with Crippen molar-refractivity contribution in [3.8, 4) is 0 Å². The molecular formula is C11H18N4. The van der Waals surface area contributed by atoms with Crippen molar-refractivity contribution in [2.75, 3.05) is 32.0 Å². The number of nitrogens with zero attached hydrogens (tertiary/aromatic N) is 3. The number of piperidine rings is 1. The van der Waals surface area contributed by atoms with Crippen molar-refractivity contribution in [1.29, 1.82) is 0 Å². The Bertz CT molecular complexity index is 280. The van der Waals surface area contributed by atoms with Gasteiger partial charge in [0.15, 0.2) is 0 Å². The molecule has 1 N–H and O–H groups in total. The summed E-state index contributed by atoms with van der Waals surface area (Å²) in [5.74, 6) is 1.67. The SMILES string of the molecule is CN1CCC(CNc2cnccn2)CC1. The van der Waals surface area contributed by atoms with Gasteiger partial charge in [0.05, 0.1) is 6.20 Å². The zero-order valence-electron chi connectivity index (χ0n) is 9.19. The summed E-state index contributed by atoms with van der Waals surface area (Å²) in [4.78, 5) is 10.6. The van der Waals surface area contributed by atoms with Gasteiger partial charge >= 0.3 is 0 Å². The predicted octanol–water partition coefficient (Wildman–Crippen LogP) is 1.23. The highest BCUT2D eigenvalue weighted by atomic mass is 15.1. The van der Waals surface area contributed by atoms with Crippen LogP contribution in [0.1, 0.15) is 12.8 Å². The van der Waals surface area contributed by atoms with Crippen LogP contribution >= 0.6 is 0 Å². The molecule has 1 aromatic heterocycles. The van der Waals surface area contributed by atoms with Gasteiger partial charge in [-0.25, -0.2) is 4.98 Å². The molecule has 0 spiro atoms. The molecule has 1 aliphatic rings. The maximum Gasteiger partial charge on any atom is 0.144 e. The summed E-state index contributed by atoms with van der Waals surface area (Å²) in [7, 11) is 2.19. The van der Waals surface area contributed by atoms with Crippen molar-refractivity contribution in [2.45, 2.75) is 12.8 Å². The van der Waals surface area contributed by atoms with Gasteiger partial charge in [0.2, 0.25) is 0 Å². The van der Waals surface area contributed by atoms with E-state index in [0.29, 0.717) is 0 Å². The Morgan fingerprint density at radius 1 is 1.40 bits per heavy atom. The van der Waals surface area contributed by atoms with Crippen LogP contribution in [0.2, 0.25) is 0 Å². The van der Waals surface area contributed by atoms with Gasteiger partial charge < -0.3 is 10.2 Å². The van der Waals surface area contributed by atoms with E-state index in [2.05, 4.69) is 27.2 Å². The van der Waals surface area contributed by atoms with E-state index in [1.165, 1.54) is 25.9 Å². The first kappa shape index (κ1) is 10.4. The number of anilines is 1. The van der Waals surface area contributed by atoms with Crippen LogP contribution in [0.3, 0.4) is 0 Å². The van der Waals surface area contributed by atoms with E-state index in [4.69, 9.17) is 0 Å². The van der Waals surface area contributed by atoms with E-state index in [1.807, 2.05) is 0 Å². The Balaban J connectivity index is 1.74. The fraction of sp³-hybridized carbons (Fsp3) is 0.636. The summed E-state index contributed by atoms with van der Waals surface area (Å²) in [6, 6.07) is 0. The van der Waals surface area contributed by atoms with Gasteiger partial charge in [0.25, 0.3) is 0 Å². The van der Waals surface area contributed by atoms with Crippen LogP contribution in [0.5, 0.6) is 0 Å². The molecule has 0 amide bonds. The second-order valence-corrected chi connectivity index (χ2v) is 4.22. The highest BCUT2D eigenvalue weighted by molar-refractivity contribution is 5.29. The first-order valence-electron chi connectivity index (χ1n) is 5.53. The van der Waals surface area contributed by atoms with E-state index in [1.54, 1.807) is 18.6 Å². The number of aromatic nitrogens is 2. The standard InChI is InChI=1S/C11H18N4/c1-15-6-2-10(3-7-15)8-14-11-9-12-4-5-13-11/h4-5,9-10H,2-3,6-8H2,1H3,(H,13,14). The molecule has 2 heterocycles. The van der Waals surface area contributed by atoms with Crippen LogP contribution < -0.4 is 5.32 Å². The fourth-order valence-corrected chi connectivity index (χ4v) is 1.91. The minimum Gasteiger partial charge on any atom is -0.369 e. The molecule has 2 rings (SSSR count). The molecule has 0 radical (unpaired) electrons. The summed E-state index contributed by atoms with van der Waals surface area (Å²) in [6.07, 6.45) is 7.75. The number of nitrogens with one attached hydrogen (secondary N) is 1. The van der Waals surface area contributed by atoms with Crippen LogP contribution in [0, 0.1) is 5.92 Å². The molecule has 15 heavy (non-hydrogen) atoms. The number of hydrogen-bond acceptors (Lipinski definition) is 4. The number of likely N-dealkylation sites (tertiary alicyclic amines) is 1. The summed E-state index contributed by atoms with van der Waals surface area (Å²) in [5.41, 5.74) is 0. The third-order valence-electron chi connectivity index (χ3n) is 2.97. The lowest BCUT2D eigenvalue weighted by molar-refractivity contribution is 0.226. The molecule has 1 aliphatic heterocycles. The van der Waals surface area contributed by atoms with Crippen LogP contribution in [-0.2, 0) is 0 Å². The molecule has 0 aromatic carbocycles. The van der Waals surface area contributed by atoms with Crippen molar-refractivity contribution in [3.05, 3.63) is 18.6 Å². The molecule has 4 heteroatoms. The maximum absolute atomic E-state index is 4.19. The highest BCUT2D eigenvalue weighted by Crippen LogP contribution is 2.16. The van der Waals surface area contributed by atoms with Crippen molar-refractivity contribution in [1.82, 2.24) is 14.9 Å². The largest absolute Gasteiger partial charge is 0.369 e. The third kappa shape index (κ3) is 3.16. The van der Waals surface area contributed by atoms with E-state index < -0.39 is 0 Å². The smallest absolute Gasteiger partial charge is 0.144 e. The molecule has 0 aliphatic carbocycles. The van der Waals surface area contributed by atoms with Crippen molar-refractivity contribution >= 4 is 5.82 Å². The monoisotopic (exact) mass is 206 g/mol. The lowest BCUT2D eigenvalue weighted by Crippen LogP contribution is -2.33. The van der Waals surface area contributed by atoms with Crippen LogP contribution in [-0.4, -0.2) is 41.5 Å². The number of hydrogen-bond donors (Lipinski definition) is 1. The lowest BCUT2D eigenvalue weighted by atomic mass is 9.97. The topological polar surface area (TPSA) is 41.0 Å². The predicted molar refractivity (Wildman–Crippen MR) is 60.7 cm³/mol. The minimum absolute atomic E-state index is 0.781. The molecule has 0 saturated carbocycles. The van der Waals surface area contributed by atoms with Gasteiger partial charge in [-0.2, -0.15) is 0 Å². The van der Waals surface area contributed by atoms with Crippen molar-refractivity contribution in [3.63, 3.8) is 0 Å². The lowest BCUT2D eigenvalue weighted by Gasteiger charge is -2.28. The second kappa shape index (κ2) is 5.07. The Labute approximate surface area is 90.7 Å². The van der Waals surface area contributed by atoms with E-state index >= 15 is 0 Å². The minimum atomic E-state index is 0.781. The van der Waals surface area contributed by atoms with Gasteiger partial charge in [0.1, 0.15) is 5.82 Å². The van der Waals surface area contributed by atoms with Gasteiger partial charge in [-0.15, -0.1) is 0 Å². The normalized spacial score (nSPS) is 19.0. The fourth-order valence-electron chi connectivity index (χ4n) is 1.91. The first-order chi connectivity index (χ1) is 7.34. The maximum atomic E-state index is 4.19. The molecule has 82 valence electrons. The molecule has 1 saturated heterocycles. The molecule has 1 aromatic rings. The van der Waals surface area contributed by atoms with Gasteiger partial charge in [-0.1, -0.05) is 0 Å². The van der Waals surface area contributed by atoms with Gasteiger partial charge in [-0.05, 0) is 38.9 Å². The van der Waals surface area contributed by atoms with Crippen LogP contribution in [0.15, 0.2) is 18.6 Å². The quantitative estimate of drug-likeness (QED) is 0.807. The van der Waals surface area contributed by atoms with E-state index in [9.17, 15) is 0 Å². The Hall–Kier alpha value is -1.16. The molecule has 0 atom stereocenters. The summed E-state index contributed by atoms with van der Waals surface area (Å²) in [5, 5.41) is 3.34. The molecular weight excluding hydrogens is 188 g/mol. The van der Waals surface area contributed by atoms with E-state index in [-0.39, 0.29) is 0 Å². The van der Waals surface area contributed by atoms with Gasteiger partial charge in [0, 0.05) is 18.9 Å². The average molecular weight is 206 g/mol.